The third-order valence-electron chi connectivity index (χ3n) is 4.13. The number of amides is 1. The van der Waals surface area contributed by atoms with Gasteiger partial charge in [0.2, 0.25) is 5.91 Å². The molecular formula is C21H20N2O3S2. The molecule has 0 saturated heterocycles. The van der Waals surface area contributed by atoms with Crippen molar-refractivity contribution in [2.45, 2.75) is 18.7 Å². The lowest BCUT2D eigenvalue weighted by atomic mass is 10.1. The molecule has 2 N–H and O–H groups in total. The first-order valence-corrected chi connectivity index (χ1v) is 10.9. The molecule has 0 unspecified atom stereocenters. The van der Waals surface area contributed by atoms with Crippen LogP contribution in [0.3, 0.4) is 0 Å². The zero-order valence-corrected chi connectivity index (χ0v) is 17.1. The van der Waals surface area contributed by atoms with Gasteiger partial charge < -0.3 is 5.32 Å². The van der Waals surface area contributed by atoms with Crippen molar-refractivity contribution in [3.63, 3.8) is 0 Å². The van der Waals surface area contributed by atoms with Crippen LogP contribution in [-0.2, 0) is 14.8 Å². The Hall–Kier alpha value is -2.90. The van der Waals surface area contributed by atoms with Crippen LogP contribution in [0, 0.1) is 13.8 Å². The van der Waals surface area contributed by atoms with Crippen molar-refractivity contribution in [1.29, 1.82) is 0 Å². The van der Waals surface area contributed by atoms with Crippen LogP contribution in [0.2, 0.25) is 0 Å². The largest absolute Gasteiger partial charge is 0.323 e. The molecule has 144 valence electrons. The standard InChI is InChI=1S/C21H20N2O3S2/c1-15-5-6-18(14-16(15)2)23-28(25,26)20-10-7-17(8-11-20)22-21(24)12-9-19-4-3-13-27-19/h3-14,23H,1-2H3,(H,22,24). The van der Waals surface area contributed by atoms with Gasteiger partial charge >= 0.3 is 0 Å². The normalized spacial score (nSPS) is 11.5. The summed E-state index contributed by atoms with van der Waals surface area (Å²) in [6.07, 6.45) is 3.17. The highest BCUT2D eigenvalue weighted by atomic mass is 32.2. The zero-order valence-electron chi connectivity index (χ0n) is 15.5. The van der Waals surface area contributed by atoms with Crippen molar-refractivity contribution >= 4 is 44.7 Å². The van der Waals surface area contributed by atoms with Gasteiger partial charge in [-0.25, -0.2) is 8.42 Å². The first-order chi connectivity index (χ1) is 13.3. The van der Waals surface area contributed by atoms with E-state index in [-0.39, 0.29) is 10.8 Å². The van der Waals surface area contributed by atoms with Crippen LogP contribution in [-0.4, -0.2) is 14.3 Å². The van der Waals surface area contributed by atoms with Gasteiger partial charge in [0.1, 0.15) is 0 Å². The molecule has 2 aromatic carbocycles. The number of hydrogen-bond donors (Lipinski definition) is 2. The summed E-state index contributed by atoms with van der Waals surface area (Å²) >= 11 is 1.54. The highest BCUT2D eigenvalue weighted by Crippen LogP contribution is 2.20. The first kappa shape index (κ1) is 19.9. The van der Waals surface area contributed by atoms with E-state index >= 15 is 0 Å². The molecule has 0 atom stereocenters. The van der Waals surface area contributed by atoms with Crippen LogP contribution >= 0.6 is 11.3 Å². The van der Waals surface area contributed by atoms with Gasteiger partial charge in [-0.05, 0) is 78.9 Å². The monoisotopic (exact) mass is 412 g/mol. The number of sulfonamides is 1. The molecule has 7 heteroatoms. The number of rotatable bonds is 6. The van der Waals surface area contributed by atoms with Gasteiger partial charge in [-0.15, -0.1) is 11.3 Å². The van der Waals surface area contributed by atoms with E-state index in [0.717, 1.165) is 16.0 Å². The van der Waals surface area contributed by atoms with Gasteiger partial charge in [0.25, 0.3) is 10.0 Å². The number of thiophene rings is 1. The Morgan fingerprint density at radius 1 is 0.964 bits per heavy atom. The number of nitrogens with one attached hydrogen (secondary N) is 2. The van der Waals surface area contributed by atoms with Crippen molar-refractivity contribution in [1.82, 2.24) is 0 Å². The molecule has 3 rings (SSSR count). The highest BCUT2D eigenvalue weighted by Gasteiger charge is 2.14. The molecule has 0 fully saturated rings. The van der Waals surface area contributed by atoms with E-state index in [4.69, 9.17) is 0 Å². The fourth-order valence-corrected chi connectivity index (χ4v) is 4.13. The predicted octanol–water partition coefficient (Wildman–Crippen LogP) is 4.82. The molecule has 0 aliphatic heterocycles. The van der Waals surface area contributed by atoms with Gasteiger partial charge in [0.15, 0.2) is 0 Å². The highest BCUT2D eigenvalue weighted by molar-refractivity contribution is 7.92. The summed E-state index contributed by atoms with van der Waals surface area (Å²) in [5, 5.41) is 4.64. The molecule has 0 bridgehead atoms. The third kappa shape index (κ3) is 5.09. The average molecular weight is 413 g/mol. The summed E-state index contributed by atoms with van der Waals surface area (Å²) < 4.78 is 27.7. The molecule has 28 heavy (non-hydrogen) atoms. The fraction of sp³-hybridized carbons (Fsp3) is 0.0952. The van der Waals surface area contributed by atoms with Gasteiger partial charge in [-0.3, -0.25) is 9.52 Å². The van der Waals surface area contributed by atoms with Crippen molar-refractivity contribution < 1.29 is 13.2 Å². The lowest BCUT2D eigenvalue weighted by Gasteiger charge is -2.10. The molecule has 5 nitrogen and oxygen atoms in total. The number of carbonyl (C=O) groups is 1. The third-order valence-corrected chi connectivity index (χ3v) is 6.37. The van der Waals surface area contributed by atoms with Crippen LogP contribution in [0.25, 0.3) is 6.08 Å². The summed E-state index contributed by atoms with van der Waals surface area (Å²) in [5.74, 6) is -0.280. The Morgan fingerprint density at radius 3 is 2.32 bits per heavy atom. The minimum Gasteiger partial charge on any atom is -0.323 e. The fourth-order valence-electron chi connectivity index (χ4n) is 2.46. The number of aryl methyl sites for hydroxylation is 2. The molecule has 1 amide bonds. The van der Waals surface area contributed by atoms with Crippen LogP contribution in [0.5, 0.6) is 0 Å². The SMILES string of the molecule is Cc1ccc(NS(=O)(=O)c2ccc(NC(=O)C=Cc3cccs3)cc2)cc1C. The van der Waals surface area contributed by atoms with E-state index in [2.05, 4.69) is 10.0 Å². The van der Waals surface area contributed by atoms with Crippen molar-refractivity contribution in [2.24, 2.45) is 0 Å². The predicted molar refractivity (Wildman–Crippen MR) is 115 cm³/mol. The van der Waals surface area contributed by atoms with Crippen LogP contribution in [0.1, 0.15) is 16.0 Å². The molecule has 0 radical (unpaired) electrons. The van der Waals surface area contributed by atoms with Gasteiger partial charge in [0.05, 0.1) is 4.90 Å². The summed E-state index contributed by atoms with van der Waals surface area (Å²) in [6, 6.07) is 15.3. The Bertz CT molecular complexity index is 1100. The molecule has 1 aromatic heterocycles. The quantitative estimate of drug-likeness (QED) is 0.570. The van der Waals surface area contributed by atoms with Gasteiger partial charge in [0, 0.05) is 22.3 Å². The number of anilines is 2. The number of carbonyl (C=O) groups excluding carboxylic acids is 1. The summed E-state index contributed by atoms with van der Waals surface area (Å²) in [4.78, 5) is 13.1. The molecule has 0 aliphatic rings. The maximum absolute atomic E-state index is 12.6. The van der Waals surface area contributed by atoms with Crippen molar-refractivity contribution in [2.75, 3.05) is 10.0 Å². The van der Waals surface area contributed by atoms with Crippen LogP contribution in [0.15, 0.2) is 70.9 Å². The molecule has 0 saturated carbocycles. The second-order valence-corrected chi connectivity index (χ2v) is 8.93. The van der Waals surface area contributed by atoms with Crippen LogP contribution in [0.4, 0.5) is 11.4 Å². The van der Waals surface area contributed by atoms with E-state index in [0.29, 0.717) is 11.4 Å². The Kier molecular flexibility index (Phi) is 5.96. The number of hydrogen-bond acceptors (Lipinski definition) is 4. The topological polar surface area (TPSA) is 75.3 Å². The van der Waals surface area contributed by atoms with Crippen LogP contribution < -0.4 is 10.0 Å². The molecular weight excluding hydrogens is 392 g/mol. The maximum Gasteiger partial charge on any atom is 0.261 e. The Labute approximate surface area is 168 Å². The molecule has 3 aromatic rings. The van der Waals surface area contributed by atoms with E-state index in [1.807, 2.05) is 37.4 Å². The lowest BCUT2D eigenvalue weighted by molar-refractivity contribution is -0.111. The average Bonchev–Trinajstić information content (AvgIpc) is 3.17. The van der Waals surface area contributed by atoms with E-state index in [9.17, 15) is 13.2 Å². The first-order valence-electron chi connectivity index (χ1n) is 8.56. The van der Waals surface area contributed by atoms with E-state index in [1.54, 1.807) is 30.3 Å². The smallest absolute Gasteiger partial charge is 0.261 e. The minimum absolute atomic E-state index is 0.123. The lowest BCUT2D eigenvalue weighted by Crippen LogP contribution is -2.13. The Balaban J connectivity index is 1.67. The summed E-state index contributed by atoms with van der Waals surface area (Å²) in [6.45, 7) is 3.90. The second-order valence-electron chi connectivity index (χ2n) is 6.27. The van der Waals surface area contributed by atoms with E-state index in [1.165, 1.54) is 29.5 Å². The molecule has 0 spiro atoms. The minimum atomic E-state index is -3.70. The summed E-state index contributed by atoms with van der Waals surface area (Å²) in [7, 11) is -3.70. The van der Waals surface area contributed by atoms with Crippen molar-refractivity contribution in [3.05, 3.63) is 82.1 Å². The molecule has 0 aliphatic carbocycles. The second kappa shape index (κ2) is 8.41. The maximum atomic E-state index is 12.6. The van der Waals surface area contributed by atoms with Crippen molar-refractivity contribution in [3.8, 4) is 0 Å². The summed E-state index contributed by atoms with van der Waals surface area (Å²) in [5.41, 5.74) is 3.13. The number of benzene rings is 2. The van der Waals surface area contributed by atoms with Gasteiger partial charge in [-0.1, -0.05) is 12.1 Å². The van der Waals surface area contributed by atoms with E-state index < -0.39 is 10.0 Å². The molecule has 1 heterocycles. The zero-order chi connectivity index (χ0) is 20.1. The van der Waals surface area contributed by atoms with Gasteiger partial charge in [-0.2, -0.15) is 0 Å². The Morgan fingerprint density at radius 2 is 1.68 bits per heavy atom.